The molecule has 4 aliphatic rings. The molecule has 3 heterocycles. The van der Waals surface area contributed by atoms with E-state index in [1.807, 2.05) is 0 Å². The minimum atomic E-state index is -0.951. The second-order valence-electron chi connectivity index (χ2n) is 7.73. The molecule has 0 radical (unpaired) electrons. The Morgan fingerprint density at radius 3 is 2.35 bits per heavy atom. The molecule has 3 unspecified atom stereocenters. The van der Waals surface area contributed by atoms with Crippen molar-refractivity contribution in [2.45, 2.75) is 59.0 Å². The Labute approximate surface area is 121 Å². The molecular formula is C16H25NO3. The van der Waals surface area contributed by atoms with Gasteiger partial charge < -0.3 is 14.2 Å². The molecule has 0 aromatic rings. The third-order valence-corrected chi connectivity index (χ3v) is 5.18. The lowest BCUT2D eigenvalue weighted by Gasteiger charge is -2.54. The summed E-state index contributed by atoms with van der Waals surface area (Å²) in [6.45, 7) is 10.0. The van der Waals surface area contributed by atoms with Crippen LogP contribution in [0.4, 0.5) is 0 Å². The van der Waals surface area contributed by atoms with Crippen LogP contribution in [0.15, 0.2) is 0 Å². The fourth-order valence-corrected chi connectivity index (χ4v) is 3.86. The van der Waals surface area contributed by atoms with Crippen molar-refractivity contribution in [3.8, 4) is 6.07 Å². The van der Waals surface area contributed by atoms with Crippen LogP contribution in [-0.4, -0.2) is 25.3 Å². The molecule has 0 spiro atoms. The normalized spacial score (nSPS) is 47.0. The van der Waals surface area contributed by atoms with E-state index in [1.54, 1.807) is 0 Å². The maximum atomic E-state index is 9.46. The van der Waals surface area contributed by atoms with Crippen LogP contribution >= 0.6 is 0 Å². The summed E-state index contributed by atoms with van der Waals surface area (Å²) in [6.07, 6.45) is 2.58. The number of hydrogen-bond donors (Lipinski definition) is 0. The second-order valence-corrected chi connectivity index (χ2v) is 7.73. The summed E-state index contributed by atoms with van der Waals surface area (Å²) in [6, 6.07) is 2.34. The first-order valence-electron chi connectivity index (χ1n) is 7.72. The van der Waals surface area contributed by atoms with Crippen molar-refractivity contribution in [2.75, 3.05) is 13.2 Å². The Kier molecular flexibility index (Phi) is 3.17. The average molecular weight is 279 g/mol. The standard InChI is InChI=1S/C16H25NO3/c1-5-6-15-9-18-16(19-10-15,20-13(15)8-17)12-7-11(12)14(2,3)4/h11-13H,5-7,9-10H2,1-4H3. The number of fused-ring (bicyclic) bond motifs is 3. The molecule has 0 N–H and O–H groups in total. The molecular weight excluding hydrogens is 254 g/mol. The highest BCUT2D eigenvalue weighted by Crippen LogP contribution is 2.61. The molecule has 4 fully saturated rings. The Balaban J connectivity index is 1.78. The Morgan fingerprint density at radius 1 is 1.25 bits per heavy atom. The summed E-state index contributed by atoms with van der Waals surface area (Å²) < 4.78 is 18.0. The smallest absolute Gasteiger partial charge is 0.287 e. The van der Waals surface area contributed by atoms with Crippen LogP contribution in [0.5, 0.6) is 0 Å². The van der Waals surface area contributed by atoms with Gasteiger partial charge >= 0.3 is 0 Å². The van der Waals surface area contributed by atoms with Gasteiger partial charge in [-0.25, -0.2) is 0 Å². The topological polar surface area (TPSA) is 51.5 Å². The molecule has 4 nitrogen and oxygen atoms in total. The quantitative estimate of drug-likeness (QED) is 0.796. The number of ether oxygens (including phenoxy) is 3. The van der Waals surface area contributed by atoms with Gasteiger partial charge in [0.15, 0.2) is 6.10 Å². The van der Waals surface area contributed by atoms with E-state index in [0.29, 0.717) is 19.1 Å². The summed E-state index contributed by atoms with van der Waals surface area (Å²) in [7, 11) is 0. The van der Waals surface area contributed by atoms with Crippen molar-refractivity contribution in [3.63, 3.8) is 0 Å². The molecule has 4 heteroatoms. The van der Waals surface area contributed by atoms with Gasteiger partial charge in [0, 0.05) is 5.92 Å². The van der Waals surface area contributed by atoms with E-state index < -0.39 is 12.1 Å². The van der Waals surface area contributed by atoms with Crippen molar-refractivity contribution in [3.05, 3.63) is 0 Å². The van der Waals surface area contributed by atoms with Crippen LogP contribution in [0, 0.1) is 34.0 Å². The van der Waals surface area contributed by atoms with Gasteiger partial charge in [-0.15, -0.1) is 0 Å². The van der Waals surface area contributed by atoms with E-state index in [9.17, 15) is 5.26 Å². The molecule has 112 valence electrons. The predicted molar refractivity (Wildman–Crippen MR) is 73.5 cm³/mol. The minimum Gasteiger partial charge on any atom is -0.326 e. The fraction of sp³-hybridized carbons (Fsp3) is 0.938. The summed E-state index contributed by atoms with van der Waals surface area (Å²) >= 11 is 0. The molecule has 2 bridgehead atoms. The fourth-order valence-electron chi connectivity index (χ4n) is 3.86. The van der Waals surface area contributed by atoms with E-state index in [0.717, 1.165) is 19.3 Å². The van der Waals surface area contributed by atoms with Crippen LogP contribution in [0.25, 0.3) is 0 Å². The number of hydrogen-bond acceptors (Lipinski definition) is 4. The van der Waals surface area contributed by atoms with E-state index in [1.165, 1.54) is 0 Å². The zero-order valence-corrected chi connectivity index (χ0v) is 12.9. The minimum absolute atomic E-state index is 0.229. The highest BCUT2D eigenvalue weighted by atomic mass is 16.9. The zero-order chi connectivity index (χ0) is 14.6. The third-order valence-electron chi connectivity index (χ3n) is 5.18. The first kappa shape index (κ1) is 14.3. The predicted octanol–water partition coefficient (Wildman–Crippen LogP) is 3.08. The molecule has 0 amide bonds. The summed E-state index contributed by atoms with van der Waals surface area (Å²) in [5, 5.41) is 9.46. The zero-order valence-electron chi connectivity index (χ0n) is 12.9. The lowest BCUT2D eigenvalue weighted by Crippen LogP contribution is -2.65. The Morgan fingerprint density at radius 2 is 1.90 bits per heavy atom. The van der Waals surface area contributed by atoms with Gasteiger partial charge in [-0.3, -0.25) is 0 Å². The van der Waals surface area contributed by atoms with Crippen molar-refractivity contribution in [1.82, 2.24) is 0 Å². The summed E-state index contributed by atoms with van der Waals surface area (Å²) in [4.78, 5) is 0. The molecule has 20 heavy (non-hydrogen) atoms. The van der Waals surface area contributed by atoms with Gasteiger partial charge in [0.05, 0.1) is 24.7 Å². The molecule has 1 aliphatic carbocycles. The van der Waals surface area contributed by atoms with Crippen LogP contribution in [0.2, 0.25) is 0 Å². The molecule has 3 saturated heterocycles. The van der Waals surface area contributed by atoms with Crippen molar-refractivity contribution in [1.29, 1.82) is 5.26 Å². The second kappa shape index (κ2) is 4.43. The molecule has 3 aliphatic heterocycles. The number of nitrogens with zero attached hydrogens (tertiary/aromatic N) is 1. The molecule has 0 aromatic heterocycles. The van der Waals surface area contributed by atoms with Crippen LogP contribution in [0.3, 0.4) is 0 Å². The molecule has 3 atom stereocenters. The largest absolute Gasteiger partial charge is 0.326 e. The lowest BCUT2D eigenvalue weighted by molar-refractivity contribution is -0.491. The maximum absolute atomic E-state index is 9.46. The van der Waals surface area contributed by atoms with E-state index in [2.05, 4.69) is 33.8 Å². The summed E-state index contributed by atoms with van der Waals surface area (Å²) in [5.74, 6) is -0.148. The van der Waals surface area contributed by atoms with Crippen molar-refractivity contribution in [2.24, 2.45) is 22.7 Å². The molecule has 4 rings (SSSR count). The summed E-state index contributed by atoms with van der Waals surface area (Å²) in [5.41, 5.74) is -0.0373. The van der Waals surface area contributed by atoms with Gasteiger partial charge in [0.2, 0.25) is 0 Å². The van der Waals surface area contributed by atoms with E-state index >= 15 is 0 Å². The van der Waals surface area contributed by atoms with Gasteiger partial charge in [-0.05, 0) is 24.2 Å². The van der Waals surface area contributed by atoms with E-state index in [4.69, 9.17) is 14.2 Å². The monoisotopic (exact) mass is 279 g/mol. The first-order valence-corrected chi connectivity index (χ1v) is 7.72. The maximum Gasteiger partial charge on any atom is 0.287 e. The molecule has 1 saturated carbocycles. The van der Waals surface area contributed by atoms with Crippen LogP contribution < -0.4 is 0 Å². The average Bonchev–Trinajstić information content (AvgIpc) is 3.20. The van der Waals surface area contributed by atoms with Gasteiger partial charge in [0.1, 0.15) is 0 Å². The SMILES string of the molecule is CCCC12COC(C3CC3C(C)(C)C)(OC1)OC2C#N. The van der Waals surface area contributed by atoms with Gasteiger partial charge in [0.25, 0.3) is 5.97 Å². The molecule has 0 aromatic carbocycles. The third kappa shape index (κ3) is 1.99. The van der Waals surface area contributed by atoms with Gasteiger partial charge in [-0.2, -0.15) is 5.26 Å². The number of rotatable bonds is 3. The Bertz CT molecular complexity index is 426. The van der Waals surface area contributed by atoms with Crippen LogP contribution in [-0.2, 0) is 14.2 Å². The lowest BCUT2D eigenvalue weighted by atomic mass is 9.77. The van der Waals surface area contributed by atoms with E-state index in [-0.39, 0.29) is 16.7 Å². The number of nitriles is 1. The van der Waals surface area contributed by atoms with Gasteiger partial charge in [-0.1, -0.05) is 34.1 Å². The highest BCUT2D eigenvalue weighted by molar-refractivity contribution is 5.09. The Hall–Kier alpha value is -0.630. The van der Waals surface area contributed by atoms with Crippen molar-refractivity contribution >= 4 is 0 Å². The highest BCUT2D eigenvalue weighted by Gasteiger charge is 2.67. The van der Waals surface area contributed by atoms with Crippen molar-refractivity contribution < 1.29 is 14.2 Å². The first-order chi connectivity index (χ1) is 9.37. The van der Waals surface area contributed by atoms with Crippen LogP contribution in [0.1, 0.15) is 47.0 Å².